The molecule has 10 heteroatoms. The number of amides is 1. The summed E-state index contributed by atoms with van der Waals surface area (Å²) in [5.74, 6) is -0.547. The number of sulfonamides is 1. The second kappa shape index (κ2) is 7.05. The Morgan fingerprint density at radius 3 is 2.33 bits per heavy atom. The minimum atomic E-state index is -4.64. The van der Waals surface area contributed by atoms with Gasteiger partial charge in [0, 0.05) is 17.8 Å². The minimum absolute atomic E-state index is 0.0528. The van der Waals surface area contributed by atoms with E-state index in [0.717, 1.165) is 12.1 Å². The molecule has 5 nitrogen and oxygen atoms in total. The van der Waals surface area contributed by atoms with E-state index in [9.17, 15) is 26.4 Å². The Labute approximate surface area is 158 Å². The number of hydrogen-bond donors (Lipinski definition) is 1. The van der Waals surface area contributed by atoms with Gasteiger partial charge in [-0.3, -0.25) is 9.10 Å². The molecule has 0 aromatic heterocycles. The molecule has 3 rings (SSSR count). The van der Waals surface area contributed by atoms with Crippen LogP contribution in [0, 0.1) is 0 Å². The predicted octanol–water partition coefficient (Wildman–Crippen LogP) is 4.15. The Morgan fingerprint density at radius 2 is 1.78 bits per heavy atom. The molecule has 0 bridgehead atoms. The van der Waals surface area contributed by atoms with Gasteiger partial charge in [-0.15, -0.1) is 0 Å². The van der Waals surface area contributed by atoms with Crippen LogP contribution in [-0.2, 0) is 16.2 Å². The fourth-order valence-corrected chi connectivity index (χ4v) is 4.52. The van der Waals surface area contributed by atoms with Crippen molar-refractivity contribution in [2.45, 2.75) is 12.6 Å². The highest BCUT2D eigenvalue weighted by atomic mass is 35.5. The van der Waals surface area contributed by atoms with Crippen molar-refractivity contribution in [3.63, 3.8) is 0 Å². The number of carbonyl (C=O) groups excluding carboxylic acids is 1. The highest BCUT2D eigenvalue weighted by Gasteiger charge is 2.33. The summed E-state index contributed by atoms with van der Waals surface area (Å²) < 4.78 is 63.8. The smallest absolute Gasteiger partial charge is 0.322 e. The first-order valence-electron chi connectivity index (χ1n) is 7.86. The highest BCUT2D eigenvalue weighted by Crippen LogP contribution is 2.36. The van der Waals surface area contributed by atoms with Crippen molar-refractivity contribution in [1.82, 2.24) is 0 Å². The topological polar surface area (TPSA) is 66.5 Å². The van der Waals surface area contributed by atoms with Gasteiger partial charge in [0.25, 0.3) is 5.91 Å². The van der Waals surface area contributed by atoms with Crippen LogP contribution in [0.4, 0.5) is 24.5 Å². The summed E-state index contributed by atoms with van der Waals surface area (Å²) in [6.07, 6.45) is -4.11. The number of benzene rings is 2. The van der Waals surface area contributed by atoms with Crippen LogP contribution in [0.3, 0.4) is 0 Å². The number of nitrogens with one attached hydrogen (secondary N) is 1. The van der Waals surface area contributed by atoms with Crippen LogP contribution in [0.1, 0.15) is 22.3 Å². The number of anilines is 2. The van der Waals surface area contributed by atoms with Crippen LogP contribution in [0.5, 0.6) is 0 Å². The van der Waals surface area contributed by atoms with Gasteiger partial charge in [0.15, 0.2) is 0 Å². The van der Waals surface area contributed by atoms with Gasteiger partial charge in [-0.25, -0.2) is 8.42 Å². The van der Waals surface area contributed by atoms with Crippen LogP contribution in [-0.4, -0.2) is 26.6 Å². The van der Waals surface area contributed by atoms with Crippen LogP contribution >= 0.6 is 11.6 Å². The number of nitrogens with zero attached hydrogens (tertiary/aromatic N) is 1. The van der Waals surface area contributed by atoms with E-state index in [1.165, 1.54) is 34.6 Å². The van der Waals surface area contributed by atoms with Crippen molar-refractivity contribution in [2.24, 2.45) is 0 Å². The second-order valence-corrected chi connectivity index (χ2v) is 8.36. The summed E-state index contributed by atoms with van der Waals surface area (Å²) in [5, 5.41) is 1.91. The maximum atomic E-state index is 12.9. The monoisotopic (exact) mass is 418 g/mol. The van der Waals surface area contributed by atoms with Crippen LogP contribution in [0.15, 0.2) is 42.5 Å². The van der Waals surface area contributed by atoms with Gasteiger partial charge in [0.2, 0.25) is 10.0 Å². The van der Waals surface area contributed by atoms with E-state index >= 15 is 0 Å². The fraction of sp³-hybridized carbons (Fsp3) is 0.235. The summed E-state index contributed by atoms with van der Waals surface area (Å²) in [7, 11) is -3.33. The standard InChI is InChI=1S/C17H14ClF3N2O3S/c18-15-7-4-12(10-14(15)17(19,20)21)22-16(24)11-2-5-13(6-3-11)23-8-1-9-27(23,25)26/h2-7,10H,1,8-9H2,(H,22,24). The molecule has 0 spiro atoms. The van der Waals surface area contributed by atoms with E-state index in [4.69, 9.17) is 11.6 Å². The summed E-state index contributed by atoms with van der Waals surface area (Å²) in [6, 6.07) is 8.88. The van der Waals surface area contributed by atoms with E-state index < -0.39 is 32.7 Å². The summed E-state index contributed by atoms with van der Waals surface area (Å²) in [5.41, 5.74) is -0.478. The lowest BCUT2D eigenvalue weighted by Gasteiger charge is -2.17. The molecule has 27 heavy (non-hydrogen) atoms. The van der Waals surface area contributed by atoms with Crippen LogP contribution in [0.2, 0.25) is 5.02 Å². The van der Waals surface area contributed by atoms with Crippen molar-refractivity contribution in [3.05, 3.63) is 58.6 Å². The largest absolute Gasteiger partial charge is 0.417 e. The highest BCUT2D eigenvalue weighted by molar-refractivity contribution is 7.93. The summed E-state index contributed by atoms with van der Waals surface area (Å²) >= 11 is 5.55. The van der Waals surface area contributed by atoms with Gasteiger partial charge >= 0.3 is 6.18 Å². The molecule has 1 aliphatic heterocycles. The predicted molar refractivity (Wildman–Crippen MR) is 96.6 cm³/mol. The Balaban J connectivity index is 1.77. The lowest BCUT2D eigenvalue weighted by molar-refractivity contribution is -0.137. The molecule has 0 atom stereocenters. The Kier molecular flexibility index (Phi) is 5.09. The molecule has 1 saturated heterocycles. The SMILES string of the molecule is O=C(Nc1ccc(Cl)c(C(F)(F)F)c1)c1ccc(N2CCCS2(=O)=O)cc1. The molecule has 1 fully saturated rings. The average molecular weight is 419 g/mol. The molecule has 2 aromatic carbocycles. The number of halogens is 4. The summed E-state index contributed by atoms with van der Waals surface area (Å²) in [6.45, 7) is 0.374. The molecule has 0 unspecified atom stereocenters. The number of rotatable bonds is 3. The van der Waals surface area contributed by atoms with Gasteiger partial charge in [0.05, 0.1) is 22.0 Å². The Bertz CT molecular complexity index is 976. The van der Waals surface area contributed by atoms with E-state index in [1.807, 2.05) is 0 Å². The maximum absolute atomic E-state index is 12.9. The van der Waals surface area contributed by atoms with Gasteiger partial charge < -0.3 is 5.32 Å². The molecule has 1 amide bonds. The van der Waals surface area contributed by atoms with E-state index in [1.54, 1.807) is 0 Å². The molecule has 1 heterocycles. The van der Waals surface area contributed by atoms with Gasteiger partial charge in [-0.2, -0.15) is 13.2 Å². The first kappa shape index (κ1) is 19.5. The molecule has 0 aliphatic carbocycles. The first-order chi connectivity index (χ1) is 12.6. The van der Waals surface area contributed by atoms with Crippen molar-refractivity contribution < 1.29 is 26.4 Å². The lowest BCUT2D eigenvalue weighted by atomic mass is 10.1. The van der Waals surface area contributed by atoms with Crippen molar-refractivity contribution in [1.29, 1.82) is 0 Å². The van der Waals surface area contributed by atoms with E-state index in [2.05, 4.69) is 5.32 Å². The molecule has 144 valence electrons. The number of carbonyl (C=O) groups is 1. The minimum Gasteiger partial charge on any atom is -0.322 e. The van der Waals surface area contributed by atoms with Gasteiger partial charge in [-0.1, -0.05) is 11.6 Å². The zero-order valence-electron chi connectivity index (χ0n) is 13.8. The van der Waals surface area contributed by atoms with Crippen molar-refractivity contribution in [3.8, 4) is 0 Å². The molecule has 1 aliphatic rings. The van der Waals surface area contributed by atoms with Crippen LogP contribution < -0.4 is 9.62 Å². The normalized spacial score (nSPS) is 16.4. The Hall–Kier alpha value is -2.26. The first-order valence-corrected chi connectivity index (χ1v) is 9.85. The third kappa shape index (κ3) is 4.19. The zero-order valence-corrected chi connectivity index (χ0v) is 15.3. The average Bonchev–Trinajstić information content (AvgIpc) is 2.95. The third-order valence-corrected chi connectivity index (χ3v) is 6.25. The molecule has 1 N–H and O–H groups in total. The van der Waals surface area contributed by atoms with E-state index in [0.29, 0.717) is 18.7 Å². The van der Waals surface area contributed by atoms with Crippen molar-refractivity contribution in [2.75, 3.05) is 21.9 Å². The number of hydrogen-bond acceptors (Lipinski definition) is 3. The van der Waals surface area contributed by atoms with Gasteiger partial charge in [-0.05, 0) is 48.9 Å². The summed E-state index contributed by atoms with van der Waals surface area (Å²) in [4.78, 5) is 12.3. The van der Waals surface area contributed by atoms with Gasteiger partial charge in [0.1, 0.15) is 0 Å². The third-order valence-electron chi connectivity index (χ3n) is 4.05. The lowest BCUT2D eigenvalue weighted by Crippen LogP contribution is -2.25. The maximum Gasteiger partial charge on any atom is 0.417 e. The zero-order chi connectivity index (χ0) is 19.8. The quantitative estimate of drug-likeness (QED) is 0.814. The van der Waals surface area contributed by atoms with E-state index in [-0.39, 0.29) is 17.0 Å². The second-order valence-electron chi connectivity index (χ2n) is 5.94. The van der Waals surface area contributed by atoms with Crippen molar-refractivity contribution >= 4 is 38.9 Å². The molecule has 2 aromatic rings. The Morgan fingerprint density at radius 1 is 1.11 bits per heavy atom. The number of alkyl halides is 3. The molecule has 0 radical (unpaired) electrons. The fourth-order valence-electron chi connectivity index (χ4n) is 2.73. The molecular weight excluding hydrogens is 405 g/mol. The molecular formula is C17H14ClF3N2O3S. The van der Waals surface area contributed by atoms with Crippen LogP contribution in [0.25, 0.3) is 0 Å². The molecule has 0 saturated carbocycles.